The fourth-order valence-electron chi connectivity index (χ4n) is 1.59. The Morgan fingerprint density at radius 2 is 1.74 bits per heavy atom. The van der Waals surface area contributed by atoms with Crippen LogP contribution in [0.3, 0.4) is 0 Å². The Labute approximate surface area is 116 Å². The van der Waals surface area contributed by atoms with E-state index in [9.17, 15) is 13.3 Å². The van der Waals surface area contributed by atoms with Crippen LogP contribution in [0.25, 0.3) is 0 Å². The molecule has 0 aliphatic heterocycles. The number of halogens is 2. The molecule has 0 saturated heterocycles. The molecule has 1 N–H and O–H groups in total. The summed E-state index contributed by atoms with van der Waals surface area (Å²) in [7, 11) is 0. The predicted molar refractivity (Wildman–Crippen MR) is 75.0 cm³/mol. The van der Waals surface area contributed by atoms with Crippen LogP contribution in [0.15, 0.2) is 18.2 Å². The topological polar surface area (TPSA) is 35.1 Å². The van der Waals surface area contributed by atoms with Crippen LogP contribution in [0.5, 0.6) is 0 Å². The number of hydrogen-bond acceptors (Lipinski definition) is 2. The molecule has 0 spiro atoms. The van der Waals surface area contributed by atoms with Gasteiger partial charge >= 0.3 is 0 Å². The van der Waals surface area contributed by atoms with E-state index in [-0.39, 0.29) is 12.0 Å². The van der Waals surface area contributed by atoms with Crippen molar-refractivity contribution in [3.63, 3.8) is 0 Å². The van der Waals surface area contributed by atoms with Crippen LogP contribution in [0, 0.1) is 17.6 Å². The van der Waals surface area contributed by atoms with Crippen molar-refractivity contribution in [2.24, 2.45) is 5.92 Å². The molecule has 0 aliphatic carbocycles. The zero-order chi connectivity index (χ0) is 14.8. The molecule has 0 bridgehead atoms. The van der Waals surface area contributed by atoms with Crippen molar-refractivity contribution in [2.45, 2.75) is 45.4 Å². The van der Waals surface area contributed by atoms with E-state index in [1.165, 1.54) is 6.07 Å². The van der Waals surface area contributed by atoms with Crippen molar-refractivity contribution in [2.75, 3.05) is 0 Å². The predicted octanol–water partition coefficient (Wildman–Crippen LogP) is 3.71. The van der Waals surface area contributed by atoms with E-state index >= 15 is 0 Å². The molecule has 2 atom stereocenters. The third-order valence-electron chi connectivity index (χ3n) is 2.76. The molecule has 0 heterocycles. The van der Waals surface area contributed by atoms with Gasteiger partial charge in [-0.3, -0.25) is 0 Å². The van der Waals surface area contributed by atoms with Gasteiger partial charge < -0.3 is 4.55 Å². The average molecular weight is 289 g/mol. The highest BCUT2D eigenvalue weighted by molar-refractivity contribution is 7.90. The number of hydrogen-bond donors (Lipinski definition) is 1. The van der Waals surface area contributed by atoms with Gasteiger partial charge in [-0.2, -0.15) is 0 Å². The first-order valence-corrected chi connectivity index (χ1v) is 7.41. The van der Waals surface area contributed by atoms with Crippen LogP contribution >= 0.6 is 0 Å². The Balaban J connectivity index is 2.98. The zero-order valence-electron chi connectivity index (χ0n) is 12.0. The lowest BCUT2D eigenvalue weighted by Crippen LogP contribution is -2.42. The third-order valence-corrected chi connectivity index (χ3v) is 4.34. The molecule has 0 saturated carbocycles. The lowest BCUT2D eigenvalue weighted by molar-refractivity contribution is 0.446. The standard InChI is InChI=1S/C14H21F2NOS/c1-9(2)13(17-19(18)14(3,4)5)10-6-7-11(15)12(16)8-10/h6-9,13,17H,1-5H3/t13-,19+/m0/s1. The van der Waals surface area contributed by atoms with Gasteiger partial charge in [0.15, 0.2) is 11.6 Å². The zero-order valence-corrected chi connectivity index (χ0v) is 12.8. The Bertz CT molecular complexity index is 432. The van der Waals surface area contributed by atoms with Crippen molar-refractivity contribution in [3.05, 3.63) is 35.4 Å². The van der Waals surface area contributed by atoms with Gasteiger partial charge in [0.2, 0.25) is 0 Å². The maximum atomic E-state index is 13.3. The lowest BCUT2D eigenvalue weighted by Gasteiger charge is -2.30. The van der Waals surface area contributed by atoms with Crippen LogP contribution in [0.1, 0.15) is 46.2 Å². The summed E-state index contributed by atoms with van der Waals surface area (Å²) in [6.45, 7) is 9.47. The van der Waals surface area contributed by atoms with Gasteiger partial charge in [0.05, 0.1) is 6.04 Å². The second-order valence-electron chi connectivity index (χ2n) is 5.89. The van der Waals surface area contributed by atoms with E-state index in [2.05, 4.69) is 4.72 Å². The molecule has 5 heteroatoms. The van der Waals surface area contributed by atoms with Gasteiger partial charge in [0, 0.05) is 11.4 Å². The highest BCUT2D eigenvalue weighted by atomic mass is 32.2. The molecule has 2 nitrogen and oxygen atoms in total. The minimum absolute atomic E-state index is 0.108. The monoisotopic (exact) mass is 289 g/mol. The molecule has 1 aromatic rings. The van der Waals surface area contributed by atoms with Gasteiger partial charge in [0.1, 0.15) is 4.75 Å². The highest BCUT2D eigenvalue weighted by Gasteiger charge is 2.31. The summed E-state index contributed by atoms with van der Waals surface area (Å²) in [4.78, 5) is 0. The average Bonchev–Trinajstić information content (AvgIpc) is 2.27. The van der Waals surface area contributed by atoms with Crippen molar-refractivity contribution in [3.8, 4) is 0 Å². The molecule has 19 heavy (non-hydrogen) atoms. The van der Waals surface area contributed by atoms with E-state index in [4.69, 9.17) is 0 Å². The van der Waals surface area contributed by atoms with Crippen LogP contribution < -0.4 is 4.72 Å². The summed E-state index contributed by atoms with van der Waals surface area (Å²) in [5.74, 6) is -1.65. The number of benzene rings is 1. The molecule has 0 amide bonds. The lowest BCUT2D eigenvalue weighted by atomic mass is 9.97. The molecule has 0 aliphatic rings. The summed E-state index contributed by atoms with van der Waals surface area (Å²) < 4.78 is 41.0. The first-order valence-electron chi connectivity index (χ1n) is 6.26. The van der Waals surface area contributed by atoms with Crippen LogP contribution in [-0.4, -0.2) is 9.30 Å². The maximum Gasteiger partial charge on any atom is 0.159 e. The normalized spacial score (nSPS) is 15.6. The molecular weight excluding hydrogens is 268 g/mol. The first-order chi connectivity index (χ1) is 8.62. The minimum Gasteiger partial charge on any atom is -0.598 e. The van der Waals surface area contributed by atoms with Crippen molar-refractivity contribution in [1.82, 2.24) is 4.72 Å². The SMILES string of the molecule is CC(C)[C@H](N[S@+]([O-])C(C)(C)C)c1ccc(F)c(F)c1. The smallest absolute Gasteiger partial charge is 0.159 e. The fourth-order valence-corrected chi connectivity index (χ4v) is 2.58. The van der Waals surface area contributed by atoms with E-state index in [1.807, 2.05) is 34.6 Å². The summed E-state index contributed by atoms with van der Waals surface area (Å²) >= 11 is -1.27. The minimum atomic E-state index is -1.27. The Kier molecular flexibility index (Phi) is 5.35. The van der Waals surface area contributed by atoms with Crippen LogP contribution in [-0.2, 0) is 11.4 Å². The maximum absolute atomic E-state index is 13.3. The third kappa shape index (κ3) is 4.44. The van der Waals surface area contributed by atoms with E-state index in [0.29, 0.717) is 5.56 Å². The quantitative estimate of drug-likeness (QED) is 0.858. The molecule has 0 unspecified atom stereocenters. The summed E-state index contributed by atoms with van der Waals surface area (Å²) in [6, 6.07) is 3.50. The van der Waals surface area contributed by atoms with E-state index in [0.717, 1.165) is 12.1 Å². The molecule has 0 aromatic heterocycles. The molecule has 1 aromatic carbocycles. The van der Waals surface area contributed by atoms with Crippen LogP contribution in [0.4, 0.5) is 8.78 Å². The van der Waals surface area contributed by atoms with Gasteiger partial charge in [-0.05, 0) is 44.4 Å². The van der Waals surface area contributed by atoms with Gasteiger partial charge in [-0.15, -0.1) is 4.72 Å². The summed E-state index contributed by atoms with van der Waals surface area (Å²) in [5.41, 5.74) is 0.603. The number of nitrogens with one attached hydrogen (secondary N) is 1. The summed E-state index contributed by atoms with van der Waals surface area (Å²) in [5, 5.41) is 0. The Morgan fingerprint density at radius 1 is 1.16 bits per heavy atom. The van der Waals surface area contributed by atoms with Gasteiger partial charge in [-0.1, -0.05) is 19.9 Å². The van der Waals surface area contributed by atoms with Gasteiger partial charge in [0.25, 0.3) is 0 Å². The molecule has 108 valence electrons. The summed E-state index contributed by atoms with van der Waals surface area (Å²) in [6.07, 6.45) is 0. The van der Waals surface area contributed by atoms with Crippen molar-refractivity contribution >= 4 is 11.4 Å². The molecule has 0 fully saturated rings. The largest absolute Gasteiger partial charge is 0.598 e. The second kappa shape index (κ2) is 6.20. The van der Waals surface area contributed by atoms with Crippen molar-refractivity contribution < 1.29 is 13.3 Å². The fraction of sp³-hybridized carbons (Fsp3) is 0.571. The first kappa shape index (κ1) is 16.4. The number of rotatable bonds is 4. The van der Waals surface area contributed by atoms with E-state index < -0.39 is 27.7 Å². The molecular formula is C14H21F2NOS. The Hall–Kier alpha value is -0.650. The molecule has 1 rings (SSSR count). The van der Waals surface area contributed by atoms with Crippen molar-refractivity contribution in [1.29, 1.82) is 0 Å². The van der Waals surface area contributed by atoms with E-state index in [1.54, 1.807) is 0 Å². The molecule has 0 radical (unpaired) electrons. The van der Waals surface area contributed by atoms with Crippen LogP contribution in [0.2, 0.25) is 0 Å². The Morgan fingerprint density at radius 3 is 2.16 bits per heavy atom. The second-order valence-corrected chi connectivity index (χ2v) is 7.89. The van der Waals surface area contributed by atoms with Gasteiger partial charge in [-0.25, -0.2) is 8.78 Å². The highest BCUT2D eigenvalue weighted by Crippen LogP contribution is 2.26.